The third-order valence-electron chi connectivity index (χ3n) is 3.27. The Labute approximate surface area is 124 Å². The van der Waals surface area contributed by atoms with Crippen LogP contribution in [-0.4, -0.2) is 23.0 Å². The summed E-state index contributed by atoms with van der Waals surface area (Å²) in [4.78, 5) is 4.29. The smallest absolute Gasteiger partial charge is 0.129 e. The lowest BCUT2D eigenvalue weighted by Gasteiger charge is -2.38. The first-order valence-electron chi connectivity index (χ1n) is 5.82. The molecule has 6 heteroatoms. The number of amidine groups is 1. The van der Waals surface area contributed by atoms with Crippen molar-refractivity contribution in [3.05, 3.63) is 34.1 Å². The maximum Gasteiger partial charge on any atom is 0.129 e. The number of thioether (sulfide) groups is 1. The molecular weight excluding hydrogens is 334 g/mol. The molecule has 0 bridgehead atoms. The Bertz CT molecular complexity index is 533. The number of aliphatic imine (C=N–C) groups is 1. The number of hydrogen-bond acceptors (Lipinski definition) is 3. The van der Waals surface area contributed by atoms with E-state index in [2.05, 4.69) is 20.9 Å². The summed E-state index contributed by atoms with van der Waals surface area (Å²) >= 11 is 4.77. The van der Waals surface area contributed by atoms with E-state index in [4.69, 9.17) is 5.73 Å². The van der Waals surface area contributed by atoms with Crippen molar-refractivity contribution in [3.63, 3.8) is 0 Å². The Balaban J connectivity index is 2.56. The Morgan fingerprint density at radius 2 is 2.16 bits per heavy atom. The van der Waals surface area contributed by atoms with E-state index in [1.54, 1.807) is 12.1 Å². The van der Waals surface area contributed by atoms with E-state index in [1.165, 1.54) is 17.8 Å². The lowest BCUT2D eigenvalue weighted by molar-refractivity contribution is 0.330. The fraction of sp³-hybridized carbons (Fsp3) is 0.462. The highest BCUT2D eigenvalue weighted by atomic mass is 79.9. The molecule has 104 valence electrons. The molecule has 1 aliphatic heterocycles. The number of hydrogen-bond donors (Lipinski definition) is 1. The molecule has 0 saturated carbocycles. The molecule has 2 rings (SSSR count). The predicted octanol–water partition coefficient (Wildman–Crippen LogP) is 3.64. The van der Waals surface area contributed by atoms with Gasteiger partial charge in [-0.3, -0.25) is 4.99 Å². The molecule has 0 fully saturated rings. The van der Waals surface area contributed by atoms with Gasteiger partial charge in [-0.15, -0.1) is 11.8 Å². The van der Waals surface area contributed by atoms with E-state index in [9.17, 15) is 8.78 Å². The largest absolute Gasteiger partial charge is 0.386 e. The Hall–Kier alpha value is -0.620. The standard InChI is InChI=1S/C13H15BrF2N2S/c1-12(2)11(17)18-13(6-15,7-19-12)9-5-8(14)3-4-10(9)16/h3-5H,6-7H2,1-2H3,(H2,17,18)/t13-/m0/s1. The van der Waals surface area contributed by atoms with Gasteiger partial charge < -0.3 is 5.73 Å². The molecular formula is C13H15BrF2N2S. The van der Waals surface area contributed by atoms with Crippen molar-refractivity contribution in [2.24, 2.45) is 10.7 Å². The van der Waals surface area contributed by atoms with Gasteiger partial charge in [-0.2, -0.15) is 0 Å². The molecule has 1 aromatic rings. The molecule has 0 radical (unpaired) electrons. The summed E-state index contributed by atoms with van der Waals surface area (Å²) in [7, 11) is 0. The zero-order chi connectivity index (χ0) is 14.3. The highest BCUT2D eigenvalue weighted by Crippen LogP contribution is 2.42. The average molecular weight is 349 g/mol. The average Bonchev–Trinajstić information content (AvgIpc) is 2.36. The van der Waals surface area contributed by atoms with Crippen LogP contribution in [0.5, 0.6) is 0 Å². The predicted molar refractivity (Wildman–Crippen MR) is 79.9 cm³/mol. The van der Waals surface area contributed by atoms with Crippen molar-refractivity contribution in [2.45, 2.75) is 24.1 Å². The molecule has 1 aliphatic rings. The normalized spacial score (nSPS) is 26.1. The summed E-state index contributed by atoms with van der Waals surface area (Å²) < 4.78 is 27.9. The topological polar surface area (TPSA) is 38.4 Å². The van der Waals surface area contributed by atoms with Gasteiger partial charge in [0.05, 0.1) is 4.75 Å². The number of nitrogens with zero attached hydrogens (tertiary/aromatic N) is 1. The number of benzene rings is 1. The van der Waals surface area contributed by atoms with Crippen molar-refractivity contribution < 1.29 is 8.78 Å². The summed E-state index contributed by atoms with van der Waals surface area (Å²) in [5.41, 5.74) is 4.94. The van der Waals surface area contributed by atoms with E-state index in [0.717, 1.165) is 0 Å². The highest BCUT2D eigenvalue weighted by molar-refractivity contribution is 9.10. The summed E-state index contributed by atoms with van der Waals surface area (Å²) in [5, 5.41) is 0. The van der Waals surface area contributed by atoms with E-state index in [-0.39, 0.29) is 10.3 Å². The fourth-order valence-electron chi connectivity index (χ4n) is 1.90. The van der Waals surface area contributed by atoms with Crippen LogP contribution in [-0.2, 0) is 5.54 Å². The van der Waals surface area contributed by atoms with Crippen molar-refractivity contribution in [3.8, 4) is 0 Å². The van der Waals surface area contributed by atoms with Crippen LogP contribution in [0.3, 0.4) is 0 Å². The first-order valence-corrected chi connectivity index (χ1v) is 7.60. The quantitative estimate of drug-likeness (QED) is 0.885. The van der Waals surface area contributed by atoms with E-state index < -0.39 is 18.0 Å². The maximum absolute atomic E-state index is 14.0. The van der Waals surface area contributed by atoms with E-state index in [1.807, 2.05) is 13.8 Å². The molecule has 0 aliphatic carbocycles. The van der Waals surface area contributed by atoms with Gasteiger partial charge in [-0.05, 0) is 32.0 Å². The molecule has 19 heavy (non-hydrogen) atoms. The van der Waals surface area contributed by atoms with Gasteiger partial charge in [0.1, 0.15) is 23.9 Å². The number of nitrogens with two attached hydrogens (primary N) is 1. The van der Waals surface area contributed by atoms with E-state index >= 15 is 0 Å². The zero-order valence-electron chi connectivity index (χ0n) is 10.7. The summed E-state index contributed by atoms with van der Waals surface area (Å²) in [6, 6.07) is 4.47. The van der Waals surface area contributed by atoms with Crippen LogP contribution in [0, 0.1) is 5.82 Å². The monoisotopic (exact) mass is 348 g/mol. The second-order valence-electron chi connectivity index (χ2n) is 5.09. The van der Waals surface area contributed by atoms with Gasteiger partial charge in [-0.25, -0.2) is 8.78 Å². The summed E-state index contributed by atoms with van der Waals surface area (Å²) in [5.74, 6) is 0.253. The minimum Gasteiger partial charge on any atom is -0.386 e. The van der Waals surface area contributed by atoms with Crippen molar-refractivity contribution >= 4 is 33.5 Å². The number of alkyl halides is 1. The van der Waals surface area contributed by atoms with Crippen molar-refractivity contribution in [1.82, 2.24) is 0 Å². The lowest BCUT2D eigenvalue weighted by Crippen LogP contribution is -2.46. The molecule has 2 nitrogen and oxygen atoms in total. The van der Waals surface area contributed by atoms with Gasteiger partial charge in [0.25, 0.3) is 0 Å². The third-order valence-corrected chi connectivity index (χ3v) is 5.32. The Morgan fingerprint density at radius 1 is 1.47 bits per heavy atom. The van der Waals surface area contributed by atoms with Crippen LogP contribution in [0.4, 0.5) is 8.78 Å². The van der Waals surface area contributed by atoms with Crippen molar-refractivity contribution in [1.29, 1.82) is 0 Å². The molecule has 2 N–H and O–H groups in total. The van der Waals surface area contributed by atoms with Gasteiger partial charge in [0.15, 0.2) is 0 Å². The highest BCUT2D eigenvalue weighted by Gasteiger charge is 2.43. The van der Waals surface area contributed by atoms with Crippen LogP contribution >= 0.6 is 27.7 Å². The fourth-order valence-corrected chi connectivity index (χ4v) is 3.36. The second kappa shape index (κ2) is 5.05. The molecule has 1 heterocycles. The SMILES string of the molecule is CC1(C)SC[C@@](CF)(c2cc(Br)ccc2F)N=C1N. The summed E-state index contributed by atoms with van der Waals surface area (Å²) in [6.45, 7) is 3.08. The maximum atomic E-state index is 14.0. The van der Waals surface area contributed by atoms with Crippen LogP contribution in [0.2, 0.25) is 0 Å². The van der Waals surface area contributed by atoms with Gasteiger partial charge in [0.2, 0.25) is 0 Å². The third kappa shape index (κ3) is 2.65. The van der Waals surface area contributed by atoms with Gasteiger partial charge >= 0.3 is 0 Å². The molecule has 0 saturated heterocycles. The first-order chi connectivity index (χ1) is 8.81. The first kappa shape index (κ1) is 14.8. The Morgan fingerprint density at radius 3 is 2.74 bits per heavy atom. The van der Waals surface area contributed by atoms with Crippen LogP contribution in [0.1, 0.15) is 19.4 Å². The van der Waals surface area contributed by atoms with Crippen molar-refractivity contribution in [2.75, 3.05) is 12.4 Å². The lowest BCUT2D eigenvalue weighted by atomic mass is 9.92. The minimum atomic E-state index is -1.22. The summed E-state index contributed by atoms with van der Waals surface area (Å²) in [6.07, 6.45) is 0. The number of halogens is 3. The Kier molecular flexibility index (Phi) is 3.93. The second-order valence-corrected chi connectivity index (χ2v) is 7.60. The molecule has 0 unspecified atom stereocenters. The number of rotatable bonds is 2. The van der Waals surface area contributed by atoms with Crippen LogP contribution in [0.15, 0.2) is 27.7 Å². The molecule has 1 aromatic carbocycles. The molecule has 1 atom stereocenters. The molecule has 0 aromatic heterocycles. The zero-order valence-corrected chi connectivity index (χ0v) is 13.1. The molecule has 0 spiro atoms. The van der Waals surface area contributed by atoms with Gasteiger partial charge in [0, 0.05) is 15.8 Å². The minimum absolute atomic E-state index is 0.246. The van der Waals surface area contributed by atoms with E-state index in [0.29, 0.717) is 16.1 Å². The van der Waals surface area contributed by atoms with Gasteiger partial charge in [-0.1, -0.05) is 15.9 Å². The molecule has 0 amide bonds. The van der Waals surface area contributed by atoms with Crippen LogP contribution < -0.4 is 5.73 Å². The van der Waals surface area contributed by atoms with Crippen LogP contribution in [0.25, 0.3) is 0 Å².